The second kappa shape index (κ2) is 9.23. The maximum absolute atomic E-state index is 13.0. The van der Waals surface area contributed by atoms with Gasteiger partial charge in [0.15, 0.2) is 0 Å². The zero-order valence-corrected chi connectivity index (χ0v) is 18.0. The number of piperazine rings is 1. The number of fused-ring (bicyclic) bond motifs is 1. The minimum Gasteiger partial charge on any atom is -0.395 e. The second-order valence-electron chi connectivity index (χ2n) is 8.15. The van der Waals surface area contributed by atoms with Gasteiger partial charge in [-0.2, -0.15) is 0 Å². The number of pyridine rings is 1. The summed E-state index contributed by atoms with van der Waals surface area (Å²) in [6, 6.07) is 9.57. The van der Waals surface area contributed by atoms with Gasteiger partial charge in [0, 0.05) is 57.6 Å². The molecule has 0 radical (unpaired) electrons. The van der Waals surface area contributed by atoms with Gasteiger partial charge in [-0.25, -0.2) is 9.97 Å². The van der Waals surface area contributed by atoms with E-state index in [1.165, 1.54) is 0 Å². The normalized spacial score (nSPS) is 17.8. The van der Waals surface area contributed by atoms with Gasteiger partial charge in [0.25, 0.3) is 5.91 Å². The fourth-order valence-corrected chi connectivity index (χ4v) is 4.38. The number of rotatable bonds is 5. The molecule has 9 nitrogen and oxygen atoms in total. The summed E-state index contributed by atoms with van der Waals surface area (Å²) in [4.78, 5) is 32.1. The van der Waals surface area contributed by atoms with Crippen molar-refractivity contribution in [3.05, 3.63) is 42.1 Å². The first-order chi connectivity index (χ1) is 15.7. The van der Waals surface area contributed by atoms with Crippen LogP contribution in [0.2, 0.25) is 0 Å². The number of β-amino-alcohol motifs (C(OH)–C–C–N with tert-alkyl or cyclic N) is 1. The molecule has 1 aromatic carbocycles. The van der Waals surface area contributed by atoms with Crippen molar-refractivity contribution in [2.45, 2.75) is 0 Å². The molecule has 9 heteroatoms. The SMILES string of the molecule is O=C(c1ccc2nc(-c3cccnc3N3CCOCC3)[nH]c2c1)N1CCN(CCO)CC1. The van der Waals surface area contributed by atoms with Gasteiger partial charge >= 0.3 is 0 Å². The van der Waals surface area contributed by atoms with Crippen molar-refractivity contribution < 1.29 is 14.6 Å². The molecule has 3 aromatic rings. The molecule has 2 aromatic heterocycles. The number of carbonyl (C=O) groups excluding carboxylic acids is 1. The van der Waals surface area contributed by atoms with Crippen molar-refractivity contribution in [2.24, 2.45) is 0 Å². The Morgan fingerprint density at radius 1 is 1.09 bits per heavy atom. The average Bonchev–Trinajstić information content (AvgIpc) is 3.28. The summed E-state index contributed by atoms with van der Waals surface area (Å²) in [6.07, 6.45) is 1.80. The molecule has 32 heavy (non-hydrogen) atoms. The Balaban J connectivity index is 1.38. The lowest BCUT2D eigenvalue weighted by atomic mass is 10.1. The van der Waals surface area contributed by atoms with E-state index in [1.54, 1.807) is 6.20 Å². The van der Waals surface area contributed by atoms with Crippen molar-refractivity contribution in [2.75, 3.05) is 70.5 Å². The summed E-state index contributed by atoms with van der Waals surface area (Å²) in [5, 5.41) is 9.10. The molecule has 5 rings (SSSR count). The number of H-pyrrole nitrogens is 1. The maximum atomic E-state index is 13.0. The van der Waals surface area contributed by atoms with E-state index in [9.17, 15) is 4.79 Å². The molecule has 2 fully saturated rings. The Hall–Kier alpha value is -3.01. The van der Waals surface area contributed by atoms with Gasteiger partial charge in [0.05, 0.1) is 36.4 Å². The number of ether oxygens (including phenoxy) is 1. The second-order valence-corrected chi connectivity index (χ2v) is 8.15. The van der Waals surface area contributed by atoms with Crippen LogP contribution in [0.5, 0.6) is 0 Å². The Kier molecular flexibility index (Phi) is 6.02. The predicted octanol–water partition coefficient (Wildman–Crippen LogP) is 1.21. The zero-order valence-electron chi connectivity index (χ0n) is 18.0. The number of anilines is 1. The van der Waals surface area contributed by atoms with Gasteiger partial charge in [-0.3, -0.25) is 9.69 Å². The smallest absolute Gasteiger partial charge is 0.254 e. The van der Waals surface area contributed by atoms with E-state index in [-0.39, 0.29) is 12.5 Å². The van der Waals surface area contributed by atoms with Crippen LogP contribution < -0.4 is 4.90 Å². The molecular weight excluding hydrogens is 408 g/mol. The topological polar surface area (TPSA) is 97.8 Å². The number of carbonyl (C=O) groups is 1. The Morgan fingerprint density at radius 3 is 2.69 bits per heavy atom. The molecule has 2 N–H and O–H groups in total. The van der Waals surface area contributed by atoms with Crippen LogP contribution in [0.25, 0.3) is 22.4 Å². The number of benzene rings is 1. The Morgan fingerprint density at radius 2 is 1.91 bits per heavy atom. The number of amides is 1. The van der Waals surface area contributed by atoms with E-state index in [0.29, 0.717) is 38.4 Å². The minimum absolute atomic E-state index is 0.0297. The number of aliphatic hydroxyl groups is 1. The first-order valence-corrected chi connectivity index (χ1v) is 11.1. The number of aromatic amines is 1. The molecular formula is C23H28N6O3. The highest BCUT2D eigenvalue weighted by molar-refractivity contribution is 5.98. The standard InChI is InChI=1S/C23H28N6O3/c30-13-10-27-6-8-29(9-7-27)23(31)17-3-4-19-20(16-17)26-21(25-19)18-2-1-5-24-22(18)28-11-14-32-15-12-28/h1-5,16,30H,6-15H2,(H,25,26). The molecule has 0 atom stereocenters. The number of morpholine rings is 1. The molecule has 0 unspecified atom stereocenters. The highest BCUT2D eigenvalue weighted by Crippen LogP contribution is 2.29. The zero-order chi connectivity index (χ0) is 21.9. The van der Waals surface area contributed by atoms with Gasteiger partial charge < -0.3 is 24.6 Å². The number of nitrogens with one attached hydrogen (secondary N) is 1. The van der Waals surface area contributed by atoms with Crippen LogP contribution in [-0.2, 0) is 4.74 Å². The van der Waals surface area contributed by atoms with Crippen molar-refractivity contribution in [3.8, 4) is 11.4 Å². The van der Waals surface area contributed by atoms with E-state index in [0.717, 1.165) is 54.4 Å². The molecule has 0 bridgehead atoms. The van der Waals surface area contributed by atoms with Crippen LogP contribution >= 0.6 is 0 Å². The average molecular weight is 437 g/mol. The first-order valence-electron chi connectivity index (χ1n) is 11.1. The van der Waals surface area contributed by atoms with Gasteiger partial charge in [0.2, 0.25) is 0 Å². The number of aliphatic hydroxyl groups excluding tert-OH is 1. The highest BCUT2D eigenvalue weighted by Gasteiger charge is 2.23. The Labute approximate surface area is 186 Å². The summed E-state index contributed by atoms with van der Waals surface area (Å²) < 4.78 is 5.48. The third kappa shape index (κ3) is 4.19. The molecule has 0 spiro atoms. The quantitative estimate of drug-likeness (QED) is 0.620. The number of imidazole rings is 1. The molecule has 2 aliphatic heterocycles. The third-order valence-electron chi connectivity index (χ3n) is 6.16. The number of hydrogen-bond donors (Lipinski definition) is 2. The van der Waals surface area contributed by atoms with Gasteiger partial charge in [0.1, 0.15) is 11.6 Å². The number of hydrogen-bond acceptors (Lipinski definition) is 7. The van der Waals surface area contributed by atoms with Gasteiger partial charge in [-0.15, -0.1) is 0 Å². The van der Waals surface area contributed by atoms with Crippen LogP contribution in [-0.4, -0.2) is 101 Å². The molecule has 0 saturated carbocycles. The third-order valence-corrected chi connectivity index (χ3v) is 6.16. The maximum Gasteiger partial charge on any atom is 0.254 e. The molecule has 2 saturated heterocycles. The predicted molar refractivity (Wildman–Crippen MR) is 122 cm³/mol. The van der Waals surface area contributed by atoms with Gasteiger partial charge in [-0.05, 0) is 30.3 Å². The first kappa shape index (κ1) is 20.9. The minimum atomic E-state index is 0.0297. The Bertz CT molecular complexity index is 1090. The monoisotopic (exact) mass is 436 g/mol. The molecule has 168 valence electrons. The lowest BCUT2D eigenvalue weighted by molar-refractivity contribution is 0.0615. The van der Waals surface area contributed by atoms with Crippen LogP contribution in [0, 0.1) is 0 Å². The summed E-state index contributed by atoms with van der Waals surface area (Å²) in [6.45, 7) is 6.70. The number of aromatic nitrogens is 3. The van der Waals surface area contributed by atoms with Crippen LogP contribution in [0.15, 0.2) is 36.5 Å². The van der Waals surface area contributed by atoms with E-state index in [4.69, 9.17) is 14.8 Å². The van der Waals surface area contributed by atoms with Crippen molar-refractivity contribution in [3.63, 3.8) is 0 Å². The summed E-state index contributed by atoms with van der Waals surface area (Å²) in [7, 11) is 0. The molecule has 4 heterocycles. The van der Waals surface area contributed by atoms with Crippen molar-refractivity contribution in [1.82, 2.24) is 24.8 Å². The molecule has 2 aliphatic rings. The lowest BCUT2D eigenvalue weighted by Crippen LogP contribution is -2.49. The van der Waals surface area contributed by atoms with Crippen molar-refractivity contribution in [1.29, 1.82) is 0 Å². The largest absolute Gasteiger partial charge is 0.395 e. The summed E-state index contributed by atoms with van der Waals surface area (Å²) >= 11 is 0. The van der Waals surface area contributed by atoms with E-state index >= 15 is 0 Å². The highest BCUT2D eigenvalue weighted by atomic mass is 16.5. The molecule has 1 amide bonds. The van der Waals surface area contributed by atoms with E-state index in [2.05, 4.69) is 19.8 Å². The van der Waals surface area contributed by atoms with Crippen molar-refractivity contribution >= 4 is 22.8 Å². The number of nitrogens with zero attached hydrogens (tertiary/aromatic N) is 5. The van der Waals surface area contributed by atoms with Crippen LogP contribution in [0.4, 0.5) is 5.82 Å². The van der Waals surface area contributed by atoms with E-state index < -0.39 is 0 Å². The fraction of sp³-hybridized carbons (Fsp3) is 0.435. The summed E-state index contributed by atoms with van der Waals surface area (Å²) in [5.74, 6) is 1.67. The van der Waals surface area contributed by atoms with Gasteiger partial charge in [-0.1, -0.05) is 0 Å². The van der Waals surface area contributed by atoms with Crippen LogP contribution in [0.3, 0.4) is 0 Å². The van der Waals surface area contributed by atoms with E-state index in [1.807, 2.05) is 35.2 Å². The summed E-state index contributed by atoms with van der Waals surface area (Å²) in [5.41, 5.74) is 3.25. The van der Waals surface area contributed by atoms with Crippen LogP contribution in [0.1, 0.15) is 10.4 Å². The fourth-order valence-electron chi connectivity index (χ4n) is 4.38. The molecule has 0 aliphatic carbocycles. The lowest BCUT2D eigenvalue weighted by Gasteiger charge is -2.34.